The highest BCUT2D eigenvalue weighted by Crippen LogP contribution is 2.33. The van der Waals surface area contributed by atoms with Crippen LogP contribution in [0.5, 0.6) is 0 Å². The Kier molecular flexibility index (Phi) is 6.88. The minimum absolute atomic E-state index is 0.786. The Bertz CT molecular complexity index is 479. The normalized spacial score (nSPS) is 33.7. The number of ether oxygens (including phenoxy) is 2. The van der Waals surface area contributed by atoms with E-state index in [9.17, 15) is 35.4 Å². The predicted octanol–water partition coefficient (Wildman–Crippen LogP) is -4.63. The van der Waals surface area contributed by atoms with Gasteiger partial charge >= 0.3 is 5.97 Å². The molecule has 12 heteroatoms. The van der Waals surface area contributed by atoms with Crippen LogP contribution in [0, 0.1) is 0 Å². The van der Waals surface area contributed by atoms with Crippen molar-refractivity contribution in [3.63, 3.8) is 0 Å². The lowest BCUT2D eigenvalue weighted by Crippen LogP contribution is -2.50. The van der Waals surface area contributed by atoms with E-state index in [0.717, 1.165) is 0 Å². The Morgan fingerprint density at radius 2 is 1.75 bits per heavy atom. The number of rotatable bonds is 7. The Hall–Kier alpha value is -1.51. The quantitative estimate of drug-likeness (QED) is 0.119. The zero-order valence-corrected chi connectivity index (χ0v) is 12.3. The van der Waals surface area contributed by atoms with Crippen LogP contribution in [0.1, 0.15) is 0 Å². The number of esters is 1. The summed E-state index contributed by atoms with van der Waals surface area (Å²) in [7, 11) is 0. The van der Waals surface area contributed by atoms with Gasteiger partial charge in [0.2, 0.25) is 5.76 Å². The summed E-state index contributed by atoms with van der Waals surface area (Å²) in [6.07, 6.45) is -9.26. The highest BCUT2D eigenvalue weighted by atomic mass is 16.8. The molecule has 140 valence electrons. The molecule has 0 aliphatic carbocycles. The molecule has 0 spiro atoms. The molecule has 1 saturated heterocycles. The molecule has 9 N–H and O–H groups in total. The molecule has 1 aliphatic heterocycles. The van der Waals surface area contributed by atoms with E-state index in [4.69, 9.17) is 20.1 Å². The number of hydrogen-bond acceptors (Lipinski definition) is 12. The Morgan fingerprint density at radius 3 is 2.17 bits per heavy atom. The van der Waals surface area contributed by atoms with Gasteiger partial charge in [-0.1, -0.05) is 0 Å². The maximum atomic E-state index is 11.8. The number of aliphatic hydroxyl groups excluding tert-OH is 9. The third-order valence-corrected chi connectivity index (χ3v) is 3.44. The van der Waals surface area contributed by atoms with Crippen LogP contribution in [-0.4, -0.2) is 108 Å². The Morgan fingerprint density at radius 1 is 1.17 bits per heavy atom. The van der Waals surface area contributed by atoms with Crippen molar-refractivity contribution in [1.82, 2.24) is 0 Å². The fourth-order valence-corrected chi connectivity index (χ4v) is 1.98. The molecular weight excluding hydrogens is 336 g/mol. The molecule has 1 rings (SSSR count). The molecule has 0 unspecified atom stereocenters. The van der Waals surface area contributed by atoms with E-state index < -0.39 is 73.6 Å². The van der Waals surface area contributed by atoms with Gasteiger partial charge in [-0.05, 0) is 0 Å². The molecule has 0 aromatic carbocycles. The smallest absolute Gasteiger partial charge is 0.379 e. The zero-order valence-electron chi connectivity index (χ0n) is 12.3. The number of aliphatic hydroxyl groups is 9. The van der Waals surface area contributed by atoms with Crippen molar-refractivity contribution >= 4 is 5.97 Å². The van der Waals surface area contributed by atoms with Gasteiger partial charge in [-0.2, -0.15) is 0 Å². The van der Waals surface area contributed by atoms with Crippen LogP contribution in [-0.2, 0) is 14.3 Å². The van der Waals surface area contributed by atoms with Gasteiger partial charge in [0, 0.05) is 0 Å². The molecule has 0 aromatic rings. The third-order valence-electron chi connectivity index (χ3n) is 3.44. The van der Waals surface area contributed by atoms with Gasteiger partial charge in [-0.3, -0.25) is 0 Å². The van der Waals surface area contributed by atoms with Crippen LogP contribution in [0.3, 0.4) is 0 Å². The molecule has 6 atom stereocenters. The van der Waals surface area contributed by atoms with Crippen LogP contribution in [0.2, 0.25) is 0 Å². The van der Waals surface area contributed by atoms with Crippen molar-refractivity contribution in [3.05, 3.63) is 11.5 Å². The molecular formula is C12H20O12. The van der Waals surface area contributed by atoms with Gasteiger partial charge < -0.3 is 55.4 Å². The van der Waals surface area contributed by atoms with Crippen molar-refractivity contribution < 1.29 is 60.2 Å². The van der Waals surface area contributed by atoms with Gasteiger partial charge in [0.1, 0.15) is 31.0 Å². The molecule has 0 saturated carbocycles. The van der Waals surface area contributed by atoms with E-state index in [0.29, 0.717) is 0 Å². The fourth-order valence-electron chi connectivity index (χ4n) is 1.98. The highest BCUT2D eigenvalue weighted by Gasteiger charge is 2.57. The van der Waals surface area contributed by atoms with Crippen LogP contribution in [0.15, 0.2) is 11.5 Å². The Balaban J connectivity index is 2.99. The summed E-state index contributed by atoms with van der Waals surface area (Å²) in [6.45, 7) is -2.96. The fraction of sp³-hybridized carbons (Fsp3) is 0.750. The molecule has 0 bridgehead atoms. The first-order valence-electron chi connectivity index (χ1n) is 6.73. The van der Waals surface area contributed by atoms with Crippen molar-refractivity contribution in [1.29, 1.82) is 0 Å². The lowest BCUT2D eigenvalue weighted by atomic mass is 10.1. The van der Waals surface area contributed by atoms with E-state index >= 15 is 0 Å². The van der Waals surface area contributed by atoms with E-state index in [1.54, 1.807) is 0 Å². The lowest BCUT2D eigenvalue weighted by Gasteiger charge is -2.29. The van der Waals surface area contributed by atoms with E-state index in [2.05, 4.69) is 4.74 Å². The average molecular weight is 356 g/mol. The van der Waals surface area contributed by atoms with Crippen LogP contribution in [0.25, 0.3) is 0 Å². The average Bonchev–Trinajstić information content (AvgIpc) is 2.83. The standard InChI is InChI=1S/C12H20O12/c13-1-4(16)6(17)8(19)9(20)11(22)24-12(3-15)10(21)7(18)5(2-14)23-12/h4-7,10,13-21H,1-3H2/b9-8-/t4-,5+,6+,7+,10-,12-/m0/s1. The molecule has 1 fully saturated rings. The maximum absolute atomic E-state index is 11.8. The highest BCUT2D eigenvalue weighted by molar-refractivity contribution is 5.86. The van der Waals surface area contributed by atoms with Crippen LogP contribution >= 0.6 is 0 Å². The van der Waals surface area contributed by atoms with Crippen LogP contribution in [0.4, 0.5) is 0 Å². The second-order valence-corrected chi connectivity index (χ2v) is 5.06. The van der Waals surface area contributed by atoms with E-state index in [1.807, 2.05) is 0 Å². The third kappa shape index (κ3) is 3.76. The van der Waals surface area contributed by atoms with E-state index in [-0.39, 0.29) is 0 Å². The SMILES string of the molecule is O=C(O[C@]1(CO)O[C@H](CO)[C@@H](O)[C@@H]1O)/C(O)=C(/O)[C@H](O)[C@@H](O)CO. The first-order valence-corrected chi connectivity index (χ1v) is 6.73. The molecule has 0 amide bonds. The summed E-state index contributed by atoms with van der Waals surface area (Å²) in [4.78, 5) is 11.8. The number of carbonyl (C=O) groups excluding carboxylic acids is 1. The summed E-state index contributed by atoms with van der Waals surface area (Å²) >= 11 is 0. The first kappa shape index (κ1) is 20.5. The van der Waals surface area contributed by atoms with Crippen molar-refractivity contribution in [3.8, 4) is 0 Å². The van der Waals surface area contributed by atoms with Gasteiger partial charge in [0.25, 0.3) is 5.79 Å². The zero-order chi connectivity index (χ0) is 18.7. The summed E-state index contributed by atoms with van der Waals surface area (Å²) in [6, 6.07) is 0. The molecule has 1 aliphatic rings. The van der Waals surface area contributed by atoms with Gasteiger partial charge in [0.15, 0.2) is 11.9 Å². The summed E-state index contributed by atoms with van der Waals surface area (Å²) in [5, 5.41) is 83.8. The van der Waals surface area contributed by atoms with Gasteiger partial charge in [-0.15, -0.1) is 0 Å². The van der Waals surface area contributed by atoms with E-state index in [1.165, 1.54) is 0 Å². The molecule has 1 heterocycles. The summed E-state index contributed by atoms with van der Waals surface area (Å²) in [5.41, 5.74) is 0. The monoisotopic (exact) mass is 356 g/mol. The first-order chi connectivity index (χ1) is 11.1. The molecule has 24 heavy (non-hydrogen) atoms. The number of hydrogen-bond donors (Lipinski definition) is 9. The lowest BCUT2D eigenvalue weighted by molar-refractivity contribution is -0.263. The number of carbonyl (C=O) groups is 1. The minimum Gasteiger partial charge on any atom is -0.506 e. The summed E-state index contributed by atoms with van der Waals surface area (Å²) < 4.78 is 9.45. The molecule has 0 aromatic heterocycles. The molecule has 12 nitrogen and oxygen atoms in total. The topological polar surface area (TPSA) is 218 Å². The van der Waals surface area contributed by atoms with Crippen molar-refractivity contribution in [2.75, 3.05) is 19.8 Å². The maximum Gasteiger partial charge on any atom is 0.379 e. The predicted molar refractivity (Wildman–Crippen MR) is 71.3 cm³/mol. The Labute approximate surface area is 135 Å². The van der Waals surface area contributed by atoms with Gasteiger partial charge in [-0.25, -0.2) is 4.79 Å². The van der Waals surface area contributed by atoms with Crippen molar-refractivity contribution in [2.45, 2.75) is 36.3 Å². The minimum atomic E-state index is -2.54. The van der Waals surface area contributed by atoms with Crippen LogP contribution < -0.4 is 0 Å². The van der Waals surface area contributed by atoms with Gasteiger partial charge in [0.05, 0.1) is 13.2 Å². The van der Waals surface area contributed by atoms with Crippen molar-refractivity contribution in [2.24, 2.45) is 0 Å². The summed E-state index contributed by atoms with van der Waals surface area (Å²) in [5.74, 6) is -7.36. The second-order valence-electron chi connectivity index (χ2n) is 5.06. The largest absolute Gasteiger partial charge is 0.506 e. The molecule has 0 radical (unpaired) electrons. The second kappa shape index (κ2) is 8.04.